The van der Waals surface area contributed by atoms with Gasteiger partial charge < -0.3 is 37.3 Å². The molecule has 13 heteroatoms. The van der Waals surface area contributed by atoms with Crippen LogP contribution in [0, 0.1) is 5.92 Å². The number of hydrogen-bond acceptors (Lipinski definition) is 7. The summed E-state index contributed by atoms with van der Waals surface area (Å²) in [5, 5.41) is 4.93. The van der Waals surface area contributed by atoms with Crippen LogP contribution in [0.25, 0.3) is 0 Å². The molecule has 1 rings (SSSR count). The van der Waals surface area contributed by atoms with Gasteiger partial charge in [-0.3, -0.25) is 0 Å². The van der Waals surface area contributed by atoms with Crippen molar-refractivity contribution in [2.24, 2.45) is 23.1 Å². The van der Waals surface area contributed by atoms with Crippen molar-refractivity contribution in [1.29, 1.82) is 0 Å². The highest BCUT2D eigenvalue weighted by molar-refractivity contribution is 4.72. The van der Waals surface area contributed by atoms with Gasteiger partial charge in [0, 0.05) is 27.3 Å². The largest absolute Gasteiger partial charge is 0.401 e. The zero-order chi connectivity index (χ0) is 23.8. The van der Waals surface area contributed by atoms with Crippen molar-refractivity contribution in [3.05, 3.63) is 0 Å². The number of nitrogens with two attached hydrogens (primary N) is 3. The van der Waals surface area contributed by atoms with Crippen molar-refractivity contribution in [1.82, 2.24) is 10.6 Å². The normalized spacial score (nSPS) is 12.7. The highest BCUT2D eigenvalue weighted by Gasteiger charge is 2.25. The molecule has 0 aromatic carbocycles. The molecule has 0 atom stereocenters. The first-order valence-electron chi connectivity index (χ1n) is 8.89. The maximum atomic E-state index is 11.0. The van der Waals surface area contributed by atoms with Crippen LogP contribution >= 0.6 is 0 Å². The van der Waals surface area contributed by atoms with Gasteiger partial charge in [-0.2, -0.15) is 26.3 Å². The van der Waals surface area contributed by atoms with Crippen molar-refractivity contribution >= 4 is 0 Å². The van der Waals surface area contributed by atoms with E-state index in [1.165, 1.54) is 19.9 Å². The number of rotatable bonds is 7. The fourth-order valence-electron chi connectivity index (χ4n) is 0.876. The summed E-state index contributed by atoms with van der Waals surface area (Å²) in [5.41, 5.74) is 14.4. The summed E-state index contributed by atoms with van der Waals surface area (Å²) in [6, 6.07) is 0. The quantitative estimate of drug-likeness (QED) is 0.293. The lowest BCUT2D eigenvalue weighted by Gasteiger charge is -2.01. The molecule has 1 aliphatic carbocycles. The number of alkyl halides is 6. The zero-order valence-electron chi connectivity index (χ0n) is 17.8. The summed E-state index contributed by atoms with van der Waals surface area (Å²) < 4.78 is 74.2. The van der Waals surface area contributed by atoms with Crippen molar-refractivity contribution < 1.29 is 35.8 Å². The smallest absolute Gasteiger partial charge is 0.383 e. The third kappa shape index (κ3) is 65.8. The monoisotopic (exact) mass is 447 g/mol. The van der Waals surface area contributed by atoms with Gasteiger partial charge in [0.05, 0.1) is 26.3 Å². The van der Waals surface area contributed by atoms with Gasteiger partial charge in [0.2, 0.25) is 0 Å². The van der Waals surface area contributed by atoms with E-state index < -0.39 is 25.4 Å². The molecule has 1 fully saturated rings. The van der Waals surface area contributed by atoms with Crippen LogP contribution in [0.5, 0.6) is 0 Å². The average Bonchev–Trinajstić information content (AvgIpc) is 3.46. The lowest BCUT2D eigenvalue weighted by atomic mass is 10.5. The molecule has 182 valence electrons. The van der Waals surface area contributed by atoms with Crippen molar-refractivity contribution in [2.45, 2.75) is 25.2 Å². The van der Waals surface area contributed by atoms with E-state index in [-0.39, 0.29) is 0 Å². The molecule has 1 saturated carbocycles. The maximum Gasteiger partial charge on any atom is 0.401 e. The van der Waals surface area contributed by atoms with E-state index in [4.69, 9.17) is 16.2 Å². The fourth-order valence-corrected chi connectivity index (χ4v) is 0.876. The fraction of sp³-hybridized carbons (Fsp3) is 1.00. The number of ether oxygens (including phenoxy) is 2. The number of hydrogen-bond donors (Lipinski definition) is 5. The van der Waals surface area contributed by atoms with E-state index in [1.54, 1.807) is 14.2 Å². The molecule has 7 nitrogen and oxygen atoms in total. The van der Waals surface area contributed by atoms with Gasteiger partial charge in [-0.15, -0.1) is 0 Å². The highest BCUT2D eigenvalue weighted by atomic mass is 19.4. The Hall–Kier alpha value is -0.700. The molecule has 0 aromatic rings. The van der Waals surface area contributed by atoms with Gasteiger partial charge >= 0.3 is 12.4 Å². The molecular weight excluding hydrogens is 408 g/mol. The summed E-state index contributed by atoms with van der Waals surface area (Å²) in [6.45, 7) is 1.81. The van der Waals surface area contributed by atoms with Crippen LogP contribution in [0.3, 0.4) is 0 Å². The molecule has 8 N–H and O–H groups in total. The van der Waals surface area contributed by atoms with Crippen molar-refractivity contribution in [3.63, 3.8) is 0 Å². The van der Waals surface area contributed by atoms with Crippen molar-refractivity contribution in [3.8, 4) is 0 Å². The molecule has 0 aromatic heterocycles. The maximum absolute atomic E-state index is 11.0. The standard InChI is InChI=1S/C4H11NO.C4H9N.C3H6F3N.C3H9NO.C2H4F3N/c1-5-3-4-6-2;5-3-4-1-2-4;1-7-2-3(4,5)6;1-5-3-2-4;3-2(4,5)1-6/h5H,3-4H2,1-2H3;4H,1-3,5H2;7H,2H2,1H3;2-4H2,1H3;1,6H2. The third-order valence-corrected chi connectivity index (χ3v) is 2.52. The van der Waals surface area contributed by atoms with E-state index in [9.17, 15) is 26.3 Å². The summed E-state index contributed by atoms with van der Waals surface area (Å²) in [6.07, 6.45) is -5.47. The van der Waals surface area contributed by atoms with Gasteiger partial charge in [-0.05, 0) is 39.4 Å². The first kappa shape index (κ1) is 35.7. The molecule has 0 heterocycles. The molecule has 0 saturated heterocycles. The van der Waals surface area contributed by atoms with Crippen LogP contribution in [0.1, 0.15) is 12.8 Å². The Labute approximate surface area is 170 Å². The van der Waals surface area contributed by atoms with Gasteiger partial charge in [0.15, 0.2) is 0 Å². The third-order valence-electron chi connectivity index (χ3n) is 2.52. The summed E-state index contributed by atoms with van der Waals surface area (Å²) in [5.74, 6) is 0.912. The first-order valence-corrected chi connectivity index (χ1v) is 8.89. The Bertz CT molecular complexity index is 288. The molecule has 0 unspecified atom stereocenters. The zero-order valence-corrected chi connectivity index (χ0v) is 17.8. The van der Waals surface area contributed by atoms with Crippen LogP contribution in [-0.2, 0) is 9.47 Å². The number of likely N-dealkylation sites (N-methyl/N-ethyl adjacent to an activating group) is 1. The molecule has 0 aliphatic heterocycles. The second-order valence-corrected chi connectivity index (χ2v) is 5.52. The number of halogens is 6. The minimum absolute atomic E-state index is 0.622. The predicted molar refractivity (Wildman–Crippen MR) is 104 cm³/mol. The van der Waals surface area contributed by atoms with E-state index in [2.05, 4.69) is 15.8 Å². The van der Waals surface area contributed by atoms with Crippen LogP contribution in [0.4, 0.5) is 26.3 Å². The van der Waals surface area contributed by atoms with E-state index >= 15 is 0 Å². The lowest BCUT2D eigenvalue weighted by Crippen LogP contribution is -2.25. The van der Waals surface area contributed by atoms with Gasteiger partial charge in [-0.25, -0.2) is 0 Å². The average molecular weight is 448 g/mol. The Morgan fingerprint density at radius 3 is 1.31 bits per heavy atom. The van der Waals surface area contributed by atoms with Crippen molar-refractivity contribution in [2.75, 3.05) is 74.3 Å². The van der Waals surface area contributed by atoms with Crippen LogP contribution in [-0.4, -0.2) is 86.6 Å². The highest BCUT2D eigenvalue weighted by Crippen LogP contribution is 2.26. The second kappa shape index (κ2) is 25.3. The van der Waals surface area contributed by atoms with E-state index in [0.29, 0.717) is 13.2 Å². The summed E-state index contributed by atoms with van der Waals surface area (Å²) in [4.78, 5) is 0. The van der Waals surface area contributed by atoms with Gasteiger partial charge in [0.1, 0.15) is 0 Å². The number of methoxy groups -OCH3 is 2. The predicted octanol–water partition coefficient (Wildman–Crippen LogP) is 1.07. The lowest BCUT2D eigenvalue weighted by molar-refractivity contribution is -0.123. The van der Waals surface area contributed by atoms with Crippen LogP contribution in [0.15, 0.2) is 0 Å². The Kier molecular flexibility index (Phi) is 31.2. The molecule has 0 spiro atoms. The minimum Gasteiger partial charge on any atom is -0.383 e. The Balaban J connectivity index is -0.000000135. The number of nitrogens with one attached hydrogen (secondary N) is 2. The molecule has 0 bridgehead atoms. The molecular formula is C16H39F6N5O2. The molecule has 0 amide bonds. The van der Waals surface area contributed by atoms with E-state index in [1.807, 2.05) is 12.4 Å². The summed E-state index contributed by atoms with van der Waals surface area (Å²) >= 11 is 0. The summed E-state index contributed by atoms with van der Waals surface area (Å²) in [7, 11) is 6.48. The molecule has 1 aliphatic rings. The van der Waals surface area contributed by atoms with Gasteiger partial charge in [0.25, 0.3) is 0 Å². The minimum atomic E-state index is -4.18. The van der Waals surface area contributed by atoms with Crippen LogP contribution in [0.2, 0.25) is 0 Å². The first-order chi connectivity index (χ1) is 13.4. The van der Waals surface area contributed by atoms with Crippen LogP contribution < -0.4 is 27.8 Å². The Morgan fingerprint density at radius 2 is 1.28 bits per heavy atom. The topological polar surface area (TPSA) is 121 Å². The Morgan fingerprint density at radius 1 is 0.828 bits per heavy atom. The second-order valence-electron chi connectivity index (χ2n) is 5.52. The SMILES string of the molecule is CNCC(F)(F)F.CNCCOC.COCCN.NCC(F)(F)F.NCC1CC1. The molecule has 0 radical (unpaired) electrons. The van der Waals surface area contributed by atoms with E-state index in [0.717, 1.165) is 25.6 Å². The van der Waals surface area contributed by atoms with Gasteiger partial charge in [-0.1, -0.05) is 0 Å². The molecule has 29 heavy (non-hydrogen) atoms.